The molecule has 28 heavy (non-hydrogen) atoms. The molecule has 1 amide bonds. The molecular weight excluding hydrogens is 357 g/mol. The number of halogens is 1. The van der Waals surface area contributed by atoms with Crippen molar-refractivity contribution in [1.29, 1.82) is 0 Å². The topological polar surface area (TPSA) is 60.0 Å². The Hall–Kier alpha value is -2.31. The summed E-state index contributed by atoms with van der Waals surface area (Å²) < 4.78 is 13.1. The van der Waals surface area contributed by atoms with Crippen LogP contribution in [0.2, 0.25) is 0 Å². The molecule has 0 radical (unpaired) electrons. The molecule has 0 aromatic heterocycles. The summed E-state index contributed by atoms with van der Waals surface area (Å²) in [5.41, 5.74) is 1.01. The van der Waals surface area contributed by atoms with Gasteiger partial charge in [0.25, 0.3) is 0 Å². The number of hydrogen-bond donors (Lipinski definition) is 2. The highest BCUT2D eigenvalue weighted by Gasteiger charge is 2.21. The van der Waals surface area contributed by atoms with Crippen LogP contribution in [0.25, 0.3) is 0 Å². The van der Waals surface area contributed by atoms with E-state index < -0.39 is 0 Å². The summed E-state index contributed by atoms with van der Waals surface area (Å²) in [6.45, 7) is 6.30. The number of anilines is 1. The lowest BCUT2D eigenvalue weighted by Crippen LogP contribution is -2.49. The highest BCUT2D eigenvalue weighted by atomic mass is 19.1. The Morgan fingerprint density at radius 1 is 1.14 bits per heavy atom. The smallest absolute Gasteiger partial charge is 0.224 e. The van der Waals surface area contributed by atoms with Crippen molar-refractivity contribution in [1.82, 2.24) is 15.5 Å². The first-order chi connectivity index (χ1) is 13.7. The largest absolute Gasteiger partial charge is 0.368 e. The summed E-state index contributed by atoms with van der Waals surface area (Å²) in [6, 6.07) is 7.05. The number of carbonyl (C=O) groups is 1. The number of carbonyl (C=O) groups excluding carboxylic acids is 1. The van der Waals surface area contributed by atoms with Gasteiger partial charge in [-0.15, -0.1) is 0 Å². The lowest BCUT2D eigenvalue weighted by atomic mass is 10.2. The molecule has 2 aliphatic rings. The fraction of sp³-hybridized carbons (Fsp3) is 0.619. The SMILES string of the molecule is CCNC(=NCCC(=O)N1CCN(c2ccc(F)cc2)CC1)NC1CCCC1. The van der Waals surface area contributed by atoms with Gasteiger partial charge in [0.2, 0.25) is 5.91 Å². The third-order valence-corrected chi connectivity index (χ3v) is 5.46. The van der Waals surface area contributed by atoms with E-state index in [-0.39, 0.29) is 11.7 Å². The molecule has 0 spiro atoms. The second kappa shape index (κ2) is 10.3. The van der Waals surface area contributed by atoms with E-state index in [9.17, 15) is 9.18 Å². The molecule has 1 saturated heterocycles. The van der Waals surface area contributed by atoms with Crippen LogP contribution in [-0.4, -0.2) is 62.1 Å². The number of hydrogen-bond acceptors (Lipinski definition) is 3. The van der Waals surface area contributed by atoms with Gasteiger partial charge >= 0.3 is 0 Å². The quantitative estimate of drug-likeness (QED) is 0.579. The van der Waals surface area contributed by atoms with Crippen LogP contribution in [0.4, 0.5) is 10.1 Å². The van der Waals surface area contributed by atoms with Gasteiger partial charge in [-0.3, -0.25) is 9.79 Å². The highest BCUT2D eigenvalue weighted by Crippen LogP contribution is 2.18. The third-order valence-electron chi connectivity index (χ3n) is 5.46. The Kier molecular flexibility index (Phi) is 7.51. The first-order valence-electron chi connectivity index (χ1n) is 10.5. The Morgan fingerprint density at radius 2 is 1.82 bits per heavy atom. The molecular formula is C21H32FN5O. The monoisotopic (exact) mass is 389 g/mol. The summed E-state index contributed by atoms with van der Waals surface area (Å²) in [6.07, 6.45) is 5.38. The molecule has 1 aliphatic heterocycles. The van der Waals surface area contributed by atoms with Crippen LogP contribution in [0.15, 0.2) is 29.3 Å². The van der Waals surface area contributed by atoms with Crippen LogP contribution in [0.1, 0.15) is 39.0 Å². The highest BCUT2D eigenvalue weighted by molar-refractivity contribution is 5.81. The van der Waals surface area contributed by atoms with Gasteiger partial charge in [-0.2, -0.15) is 0 Å². The van der Waals surface area contributed by atoms with Crippen molar-refractivity contribution in [2.24, 2.45) is 4.99 Å². The molecule has 154 valence electrons. The van der Waals surface area contributed by atoms with Crippen LogP contribution in [0.5, 0.6) is 0 Å². The predicted octanol–water partition coefficient (Wildman–Crippen LogP) is 2.36. The Bertz CT molecular complexity index is 649. The maximum atomic E-state index is 13.1. The molecule has 1 saturated carbocycles. The van der Waals surface area contributed by atoms with E-state index in [1.807, 2.05) is 4.90 Å². The summed E-state index contributed by atoms with van der Waals surface area (Å²) in [7, 11) is 0. The van der Waals surface area contributed by atoms with E-state index in [2.05, 4.69) is 27.4 Å². The zero-order chi connectivity index (χ0) is 19.8. The fourth-order valence-corrected chi connectivity index (χ4v) is 3.87. The normalized spacial score (nSPS) is 18.4. The lowest BCUT2D eigenvalue weighted by Gasteiger charge is -2.36. The zero-order valence-electron chi connectivity index (χ0n) is 16.8. The zero-order valence-corrected chi connectivity index (χ0v) is 16.8. The van der Waals surface area contributed by atoms with Crippen LogP contribution in [-0.2, 0) is 4.79 Å². The summed E-state index contributed by atoms with van der Waals surface area (Å²) in [4.78, 5) is 21.2. The molecule has 1 aromatic rings. The Balaban J connectivity index is 1.42. The second-order valence-corrected chi connectivity index (χ2v) is 7.48. The van der Waals surface area contributed by atoms with Gasteiger partial charge < -0.3 is 20.4 Å². The molecule has 2 N–H and O–H groups in total. The average molecular weight is 390 g/mol. The van der Waals surface area contributed by atoms with E-state index >= 15 is 0 Å². The first-order valence-corrected chi connectivity index (χ1v) is 10.5. The van der Waals surface area contributed by atoms with E-state index in [1.54, 1.807) is 12.1 Å². The molecule has 6 nitrogen and oxygen atoms in total. The van der Waals surface area contributed by atoms with Gasteiger partial charge in [-0.05, 0) is 44.0 Å². The minimum atomic E-state index is -0.225. The van der Waals surface area contributed by atoms with Crippen molar-refractivity contribution < 1.29 is 9.18 Å². The number of aliphatic imine (C=N–C) groups is 1. The number of rotatable bonds is 6. The van der Waals surface area contributed by atoms with Crippen molar-refractivity contribution >= 4 is 17.6 Å². The minimum absolute atomic E-state index is 0.152. The van der Waals surface area contributed by atoms with Crippen molar-refractivity contribution in [3.05, 3.63) is 30.1 Å². The number of amides is 1. The number of guanidine groups is 1. The van der Waals surface area contributed by atoms with E-state index in [4.69, 9.17) is 0 Å². The number of benzene rings is 1. The Labute approximate surface area is 167 Å². The molecule has 0 atom stereocenters. The fourth-order valence-electron chi connectivity index (χ4n) is 3.87. The third kappa shape index (κ3) is 5.84. The molecule has 1 heterocycles. The molecule has 0 unspecified atom stereocenters. The summed E-state index contributed by atoms with van der Waals surface area (Å²) in [5, 5.41) is 6.75. The van der Waals surface area contributed by atoms with Gasteiger partial charge in [0.15, 0.2) is 5.96 Å². The Morgan fingerprint density at radius 3 is 2.46 bits per heavy atom. The van der Waals surface area contributed by atoms with Crippen LogP contribution >= 0.6 is 0 Å². The molecule has 1 aliphatic carbocycles. The number of piperazine rings is 1. The van der Waals surface area contributed by atoms with Gasteiger partial charge in [-0.1, -0.05) is 12.8 Å². The first kappa shape index (κ1) is 20.4. The number of nitrogens with one attached hydrogen (secondary N) is 2. The standard InChI is InChI=1S/C21H32FN5O/c1-2-23-21(25-18-5-3-4-6-18)24-12-11-20(28)27-15-13-26(14-16-27)19-9-7-17(22)8-10-19/h7-10,18H,2-6,11-16H2,1H3,(H2,23,24,25). The second-order valence-electron chi connectivity index (χ2n) is 7.48. The van der Waals surface area contributed by atoms with Crippen LogP contribution < -0.4 is 15.5 Å². The summed E-state index contributed by atoms with van der Waals surface area (Å²) >= 11 is 0. The van der Waals surface area contributed by atoms with Crippen molar-refractivity contribution in [2.45, 2.75) is 45.1 Å². The lowest BCUT2D eigenvalue weighted by molar-refractivity contribution is -0.131. The van der Waals surface area contributed by atoms with Crippen LogP contribution in [0, 0.1) is 5.82 Å². The maximum absolute atomic E-state index is 13.1. The predicted molar refractivity (Wildman–Crippen MR) is 111 cm³/mol. The number of nitrogens with zero attached hydrogens (tertiary/aromatic N) is 3. The van der Waals surface area contributed by atoms with Crippen molar-refractivity contribution in [3.8, 4) is 0 Å². The minimum Gasteiger partial charge on any atom is -0.368 e. The molecule has 7 heteroatoms. The molecule has 1 aromatic carbocycles. The molecule has 0 bridgehead atoms. The van der Waals surface area contributed by atoms with Crippen molar-refractivity contribution in [3.63, 3.8) is 0 Å². The van der Waals surface area contributed by atoms with Gasteiger partial charge in [-0.25, -0.2) is 4.39 Å². The molecule has 3 rings (SSSR count). The van der Waals surface area contributed by atoms with Gasteiger partial charge in [0.1, 0.15) is 5.82 Å². The molecule has 2 fully saturated rings. The van der Waals surface area contributed by atoms with E-state index in [1.165, 1.54) is 37.8 Å². The van der Waals surface area contributed by atoms with Crippen LogP contribution in [0.3, 0.4) is 0 Å². The average Bonchev–Trinajstić information content (AvgIpc) is 3.22. The van der Waals surface area contributed by atoms with Crippen molar-refractivity contribution in [2.75, 3.05) is 44.2 Å². The van der Waals surface area contributed by atoms with E-state index in [0.717, 1.165) is 31.3 Å². The van der Waals surface area contributed by atoms with Gasteiger partial charge in [0.05, 0.1) is 6.54 Å². The van der Waals surface area contributed by atoms with Gasteiger partial charge in [0, 0.05) is 50.9 Å². The van der Waals surface area contributed by atoms with E-state index in [0.29, 0.717) is 32.1 Å². The maximum Gasteiger partial charge on any atom is 0.224 e. The summed E-state index contributed by atoms with van der Waals surface area (Å²) in [5.74, 6) is 0.750.